The van der Waals surface area contributed by atoms with E-state index >= 15 is 0 Å². The van der Waals surface area contributed by atoms with E-state index in [2.05, 4.69) is 85.7 Å². The number of nitrogens with zero attached hydrogens (tertiary/aromatic N) is 1. The molecule has 1 aliphatic carbocycles. The SMILES string of the molecule is [2H]c1c([2H])c([2H])c(-c2c([2H])c([2H])c(N(c3ccc4c(c3)oc3ccccc34)c3cccc4c3C(C)(C)c3cc5oc6c(C(C)(C)C)cc(C(C)(C)C)cc6c5cc3-4)c([2H])c2[2H])c([2H])c1[2H]. The molecule has 0 atom stereocenters. The summed E-state index contributed by atoms with van der Waals surface area (Å²) in [5.74, 6) is 0. The number of anilines is 3. The summed E-state index contributed by atoms with van der Waals surface area (Å²) in [6, 6.07) is 23.2. The van der Waals surface area contributed by atoms with E-state index in [1.165, 1.54) is 5.56 Å². The molecule has 0 fully saturated rings. The molecule has 0 saturated heterocycles. The molecule has 0 aliphatic heterocycles. The molecule has 0 unspecified atom stereocenters. The van der Waals surface area contributed by atoms with Crippen LogP contribution in [-0.4, -0.2) is 0 Å². The summed E-state index contributed by atoms with van der Waals surface area (Å²) in [6.45, 7) is 17.6. The molecule has 3 heteroatoms. The van der Waals surface area contributed by atoms with E-state index in [1.54, 1.807) is 4.90 Å². The van der Waals surface area contributed by atoms with Gasteiger partial charge in [-0.1, -0.05) is 134 Å². The Kier molecular flexibility index (Phi) is 5.54. The van der Waals surface area contributed by atoms with Gasteiger partial charge in [-0.2, -0.15) is 0 Å². The Hall–Kier alpha value is -6.06. The predicted molar refractivity (Wildman–Crippen MR) is 236 cm³/mol. The number of benzene rings is 7. The Morgan fingerprint density at radius 1 is 0.554 bits per heavy atom. The van der Waals surface area contributed by atoms with Gasteiger partial charge in [0.25, 0.3) is 0 Å². The average molecular weight is 739 g/mol. The number of fused-ring (bicyclic) bond motifs is 9. The van der Waals surface area contributed by atoms with Crippen LogP contribution in [0.3, 0.4) is 0 Å². The molecule has 7 aromatic carbocycles. The molecule has 10 rings (SSSR count). The molecule has 0 radical (unpaired) electrons. The zero-order chi connectivity index (χ0) is 46.6. The maximum absolute atomic E-state index is 9.67. The van der Waals surface area contributed by atoms with Crippen LogP contribution in [0.4, 0.5) is 17.1 Å². The van der Waals surface area contributed by atoms with Gasteiger partial charge in [-0.25, -0.2) is 0 Å². The van der Waals surface area contributed by atoms with Gasteiger partial charge in [-0.15, -0.1) is 0 Å². The van der Waals surface area contributed by atoms with Crippen LogP contribution < -0.4 is 4.90 Å². The molecule has 276 valence electrons. The highest BCUT2D eigenvalue weighted by molar-refractivity contribution is 6.10. The van der Waals surface area contributed by atoms with Crippen LogP contribution in [0.2, 0.25) is 0 Å². The van der Waals surface area contributed by atoms with Crippen molar-refractivity contribution in [1.29, 1.82) is 0 Å². The molecular weight excluding hydrogens is 683 g/mol. The first-order chi connectivity index (χ1) is 30.5. The first kappa shape index (κ1) is 25.9. The van der Waals surface area contributed by atoms with E-state index in [1.807, 2.05) is 54.6 Å². The molecule has 2 heterocycles. The number of hydrogen-bond acceptors (Lipinski definition) is 3. The van der Waals surface area contributed by atoms with Gasteiger partial charge in [0.1, 0.15) is 22.3 Å². The molecular formula is C53H47NO2. The second kappa shape index (κ2) is 12.0. The van der Waals surface area contributed by atoms with Crippen molar-refractivity contribution in [2.24, 2.45) is 0 Å². The molecule has 0 bridgehead atoms. The molecule has 1 aliphatic rings. The molecule has 3 nitrogen and oxygen atoms in total. The average Bonchev–Trinajstić information content (AvgIpc) is 3.89. The minimum Gasteiger partial charge on any atom is -0.456 e. The molecule has 2 aromatic heterocycles. The maximum atomic E-state index is 9.67. The van der Waals surface area contributed by atoms with Crippen LogP contribution in [0, 0.1) is 0 Å². The van der Waals surface area contributed by atoms with Crippen LogP contribution >= 0.6 is 0 Å². The Labute approximate surface area is 341 Å². The van der Waals surface area contributed by atoms with Gasteiger partial charge in [-0.05, 0) is 104 Å². The Morgan fingerprint density at radius 3 is 2.02 bits per heavy atom. The second-order valence-electron chi connectivity index (χ2n) is 17.6. The van der Waals surface area contributed by atoms with Crippen molar-refractivity contribution < 1.29 is 21.2 Å². The molecule has 0 spiro atoms. The molecule has 0 N–H and O–H groups in total. The van der Waals surface area contributed by atoms with E-state index in [4.69, 9.17) is 15.7 Å². The number of para-hydroxylation sites is 1. The Bertz CT molecular complexity index is 3490. The third kappa shape index (κ3) is 5.24. The van der Waals surface area contributed by atoms with Crippen molar-refractivity contribution in [2.45, 2.75) is 71.6 Å². The predicted octanol–water partition coefficient (Wildman–Crippen LogP) is 15.5. The summed E-state index contributed by atoms with van der Waals surface area (Å²) >= 11 is 0. The lowest BCUT2D eigenvalue weighted by atomic mass is 9.79. The quantitative estimate of drug-likeness (QED) is 0.180. The van der Waals surface area contributed by atoms with Crippen LogP contribution in [0.5, 0.6) is 0 Å². The van der Waals surface area contributed by atoms with Gasteiger partial charge in [0.2, 0.25) is 0 Å². The maximum Gasteiger partial charge on any atom is 0.139 e. The van der Waals surface area contributed by atoms with Crippen molar-refractivity contribution >= 4 is 60.9 Å². The largest absolute Gasteiger partial charge is 0.456 e. The zero-order valence-electron chi connectivity index (χ0n) is 41.8. The zero-order valence-corrected chi connectivity index (χ0v) is 32.8. The van der Waals surface area contributed by atoms with Gasteiger partial charge >= 0.3 is 0 Å². The third-order valence-electron chi connectivity index (χ3n) is 11.5. The Morgan fingerprint density at radius 2 is 1.27 bits per heavy atom. The first-order valence-corrected chi connectivity index (χ1v) is 19.1. The summed E-state index contributed by atoms with van der Waals surface area (Å²) in [7, 11) is 0. The van der Waals surface area contributed by atoms with Gasteiger partial charge in [-0.3, -0.25) is 0 Å². The Balaban J connectivity index is 1.26. The lowest BCUT2D eigenvalue weighted by Gasteiger charge is -2.32. The van der Waals surface area contributed by atoms with E-state index in [0.29, 0.717) is 22.5 Å². The highest BCUT2D eigenvalue weighted by Gasteiger charge is 2.40. The fraction of sp³-hybridized carbons (Fsp3) is 0.208. The number of furan rings is 2. The van der Waals surface area contributed by atoms with Gasteiger partial charge in [0.05, 0.1) is 18.0 Å². The van der Waals surface area contributed by atoms with Crippen molar-refractivity contribution in [2.75, 3.05) is 4.90 Å². The van der Waals surface area contributed by atoms with E-state index in [9.17, 15) is 5.48 Å². The van der Waals surface area contributed by atoms with Crippen LogP contribution in [0.1, 0.15) is 90.0 Å². The van der Waals surface area contributed by atoms with Crippen LogP contribution in [0.15, 0.2) is 148 Å². The monoisotopic (exact) mass is 738 g/mol. The standard InChI is InChI=1S/C53H47NO2/c1-51(2,3)34-27-42-41-30-40-39-18-14-19-45(49(39)53(7,8)43(40)31-48(41)56-50(42)44(28-34)52(4,5)6)54(35-23-21-33(22-24-35)32-15-10-9-11-16-32)36-25-26-38-37-17-12-13-20-46(37)55-47(38)29-36/h9-31H,1-8H3/i9D,10D,11D,15D,16D,21D,22D,23D,24D. The van der Waals surface area contributed by atoms with Gasteiger partial charge < -0.3 is 13.7 Å². The smallest absolute Gasteiger partial charge is 0.139 e. The first-order valence-electron chi connectivity index (χ1n) is 23.6. The van der Waals surface area contributed by atoms with Crippen LogP contribution in [0.25, 0.3) is 66.1 Å². The van der Waals surface area contributed by atoms with Crippen molar-refractivity contribution in [3.05, 3.63) is 162 Å². The second-order valence-corrected chi connectivity index (χ2v) is 17.6. The number of rotatable bonds is 4. The lowest BCUT2D eigenvalue weighted by Crippen LogP contribution is -2.20. The third-order valence-corrected chi connectivity index (χ3v) is 11.5. The van der Waals surface area contributed by atoms with Crippen molar-refractivity contribution in [3.8, 4) is 22.3 Å². The van der Waals surface area contributed by atoms with Gasteiger partial charge in [0.15, 0.2) is 0 Å². The highest BCUT2D eigenvalue weighted by atomic mass is 16.3. The fourth-order valence-electron chi connectivity index (χ4n) is 8.56. The molecule has 9 aromatic rings. The topological polar surface area (TPSA) is 29.5 Å². The summed E-state index contributed by atoms with van der Waals surface area (Å²) in [5.41, 5.74) is 8.48. The van der Waals surface area contributed by atoms with Crippen molar-refractivity contribution in [1.82, 2.24) is 0 Å². The molecule has 56 heavy (non-hydrogen) atoms. The van der Waals surface area contributed by atoms with Crippen molar-refractivity contribution in [3.63, 3.8) is 0 Å². The molecule has 0 saturated carbocycles. The normalized spacial score (nSPS) is 16.1. The fourth-order valence-corrected chi connectivity index (χ4v) is 8.56. The van der Waals surface area contributed by atoms with Crippen LogP contribution in [-0.2, 0) is 16.2 Å². The van der Waals surface area contributed by atoms with E-state index < -0.39 is 65.4 Å². The molecule has 0 amide bonds. The number of hydrogen-bond donors (Lipinski definition) is 0. The van der Waals surface area contributed by atoms with E-state index in [0.717, 1.165) is 60.5 Å². The summed E-state index contributed by atoms with van der Waals surface area (Å²) < 4.78 is 93.6. The minimum atomic E-state index is -0.676. The van der Waals surface area contributed by atoms with E-state index in [-0.39, 0.29) is 22.1 Å². The highest BCUT2D eigenvalue weighted by Crippen LogP contribution is 2.56. The summed E-state index contributed by atoms with van der Waals surface area (Å²) in [5, 5.41) is 3.84. The summed E-state index contributed by atoms with van der Waals surface area (Å²) in [6.07, 6.45) is 0. The minimum absolute atomic E-state index is 0.0732. The lowest BCUT2D eigenvalue weighted by molar-refractivity contribution is 0.559. The summed E-state index contributed by atoms with van der Waals surface area (Å²) in [4.78, 5) is 1.75. The van der Waals surface area contributed by atoms with Gasteiger partial charge in [0, 0.05) is 50.0 Å².